The molecule has 0 amide bonds. The van der Waals surface area contributed by atoms with Gasteiger partial charge in [0, 0.05) is 26.6 Å². The van der Waals surface area contributed by atoms with E-state index in [1.165, 1.54) is 14.2 Å². The van der Waals surface area contributed by atoms with Crippen LogP contribution in [0.25, 0.3) is 0 Å². The fraction of sp³-hybridized carbons (Fsp3) is 0.741. The van der Waals surface area contributed by atoms with Crippen LogP contribution in [0.3, 0.4) is 0 Å². The third-order valence-corrected chi connectivity index (χ3v) is 15.5. The average Bonchev–Trinajstić information content (AvgIpc) is 2.82. The van der Waals surface area contributed by atoms with Crippen LogP contribution in [0.2, 0.25) is 18.1 Å². The first-order valence-corrected chi connectivity index (χ1v) is 17.1. The number of cyclic esters (lactones) is 1. The molecule has 0 spiro atoms. The Bertz CT molecular complexity index is 999. The molecule has 1 aliphatic rings. The molecule has 1 heterocycles. The number of sulfone groups is 1. The number of hydrogen-bond acceptors (Lipinski definition) is 7. The summed E-state index contributed by atoms with van der Waals surface area (Å²) in [7, 11) is -3.57. The Hall–Kier alpha value is -1.26. The summed E-state index contributed by atoms with van der Waals surface area (Å²) in [6.07, 6.45) is -0.647. The molecule has 0 radical (unpaired) electrons. The van der Waals surface area contributed by atoms with E-state index >= 15 is 0 Å². The first kappa shape index (κ1) is 31.0. The molecule has 1 aromatic carbocycles. The minimum Gasteiger partial charge on any atom is -0.456 e. The third-order valence-electron chi connectivity index (χ3n) is 8.49. The maximum Gasteiger partial charge on any atom is 0.367 e. The van der Waals surface area contributed by atoms with Crippen LogP contribution < -0.4 is 0 Å². The van der Waals surface area contributed by atoms with Crippen molar-refractivity contribution in [3.05, 3.63) is 30.3 Å². The summed E-state index contributed by atoms with van der Waals surface area (Å²) in [6.45, 7) is 18.7. The van der Waals surface area contributed by atoms with Crippen molar-refractivity contribution in [1.82, 2.24) is 0 Å². The minimum atomic E-state index is -3.99. The molecular formula is C27H46O7SSi. The van der Waals surface area contributed by atoms with Crippen molar-refractivity contribution < 1.29 is 31.8 Å². The minimum absolute atomic E-state index is 0.0393. The second-order valence-electron chi connectivity index (χ2n) is 11.9. The van der Waals surface area contributed by atoms with Crippen LogP contribution >= 0.6 is 0 Å². The van der Waals surface area contributed by atoms with Gasteiger partial charge in [-0.15, -0.1) is 0 Å². The highest BCUT2D eigenvalue weighted by atomic mass is 32.2. The van der Waals surface area contributed by atoms with Gasteiger partial charge in [-0.05, 0) is 43.1 Å². The summed E-state index contributed by atoms with van der Waals surface area (Å²) in [4.78, 5) is 13.4. The summed E-state index contributed by atoms with van der Waals surface area (Å²) in [5, 5.41) is -0.0393. The monoisotopic (exact) mass is 542 g/mol. The lowest BCUT2D eigenvalue weighted by atomic mass is 9.79. The number of rotatable bonds is 10. The SMILES string of the molecule is CC[C@@H](C)[C@H](O[Si](C)(C)C(C)(C)C)[C@H](C)C1OC(=O)C(OC)(OC)CC1(C)S(=O)(=O)c1ccccc1. The number of carbonyl (C=O) groups excluding carboxylic acids is 1. The van der Waals surface area contributed by atoms with Gasteiger partial charge in [-0.3, -0.25) is 0 Å². The van der Waals surface area contributed by atoms with Gasteiger partial charge in [0.05, 0.1) is 11.0 Å². The molecule has 206 valence electrons. The molecule has 1 saturated heterocycles. The Balaban J connectivity index is 2.69. The number of esters is 1. The molecule has 1 fully saturated rings. The lowest BCUT2D eigenvalue weighted by Crippen LogP contribution is -2.66. The van der Waals surface area contributed by atoms with Gasteiger partial charge >= 0.3 is 5.97 Å². The highest BCUT2D eigenvalue weighted by molar-refractivity contribution is 7.92. The van der Waals surface area contributed by atoms with E-state index in [2.05, 4.69) is 47.7 Å². The molecule has 9 heteroatoms. The van der Waals surface area contributed by atoms with Crippen molar-refractivity contribution in [1.29, 1.82) is 0 Å². The van der Waals surface area contributed by atoms with E-state index in [0.29, 0.717) is 0 Å². The zero-order chi connectivity index (χ0) is 27.7. The first-order chi connectivity index (χ1) is 16.4. The van der Waals surface area contributed by atoms with Crippen molar-refractivity contribution in [2.24, 2.45) is 11.8 Å². The van der Waals surface area contributed by atoms with Crippen LogP contribution in [-0.2, 0) is 33.3 Å². The summed E-state index contributed by atoms with van der Waals surface area (Å²) in [5.41, 5.74) is 0. The van der Waals surface area contributed by atoms with Crippen LogP contribution in [0.5, 0.6) is 0 Å². The highest BCUT2D eigenvalue weighted by Crippen LogP contribution is 2.48. The zero-order valence-corrected chi connectivity index (χ0v) is 25.7. The van der Waals surface area contributed by atoms with E-state index in [9.17, 15) is 13.2 Å². The van der Waals surface area contributed by atoms with Gasteiger partial charge < -0.3 is 18.6 Å². The maximum atomic E-state index is 14.2. The predicted octanol–water partition coefficient (Wildman–Crippen LogP) is 5.60. The molecule has 0 N–H and O–H groups in total. The lowest BCUT2D eigenvalue weighted by molar-refractivity contribution is -0.260. The lowest BCUT2D eigenvalue weighted by Gasteiger charge is -2.51. The molecule has 1 aromatic rings. The first-order valence-electron chi connectivity index (χ1n) is 12.7. The fourth-order valence-electron chi connectivity index (χ4n) is 4.80. The van der Waals surface area contributed by atoms with E-state index in [1.807, 2.05) is 6.92 Å². The van der Waals surface area contributed by atoms with Crippen LogP contribution in [0, 0.1) is 11.8 Å². The van der Waals surface area contributed by atoms with E-state index in [0.717, 1.165) is 6.42 Å². The molecule has 0 bridgehead atoms. The standard InChI is InChI=1S/C27H46O7SSi/c1-12-19(2)22(34-36(10,11)25(4,5)6)20(3)23-26(7,18-27(31-8,32-9)24(28)33-23)35(29,30)21-16-14-13-15-17-21/h13-17,19-20,22-23H,12,18H2,1-11H3/t19-,20+,22+,23?,26?/m1/s1. The van der Waals surface area contributed by atoms with E-state index in [-0.39, 0.29) is 28.4 Å². The Kier molecular flexibility index (Phi) is 9.33. The van der Waals surface area contributed by atoms with Crippen molar-refractivity contribution >= 4 is 24.1 Å². The van der Waals surface area contributed by atoms with E-state index in [4.69, 9.17) is 18.6 Å². The summed E-state index contributed by atoms with van der Waals surface area (Å²) in [5.74, 6) is -2.83. The molecule has 2 rings (SSSR count). The molecule has 1 aliphatic heterocycles. The fourth-order valence-corrected chi connectivity index (χ4v) is 8.29. The van der Waals surface area contributed by atoms with Crippen LogP contribution in [0.15, 0.2) is 35.2 Å². The molecule has 5 atom stereocenters. The number of methoxy groups -OCH3 is 2. The molecule has 36 heavy (non-hydrogen) atoms. The molecule has 2 unspecified atom stereocenters. The molecular weight excluding hydrogens is 496 g/mol. The average molecular weight is 543 g/mol. The van der Waals surface area contributed by atoms with Crippen molar-refractivity contribution in [2.45, 2.75) is 107 Å². The van der Waals surface area contributed by atoms with E-state index < -0.39 is 46.7 Å². The Labute approximate surface area is 219 Å². The number of hydrogen-bond donors (Lipinski definition) is 0. The molecule has 0 aliphatic carbocycles. The summed E-state index contributed by atoms with van der Waals surface area (Å²) in [6, 6.07) is 8.28. The highest BCUT2D eigenvalue weighted by Gasteiger charge is 2.64. The largest absolute Gasteiger partial charge is 0.456 e. The van der Waals surface area contributed by atoms with Crippen LogP contribution in [-0.4, -0.2) is 59.7 Å². The Morgan fingerprint density at radius 1 is 1.11 bits per heavy atom. The third kappa shape index (κ3) is 5.46. The summed E-state index contributed by atoms with van der Waals surface area (Å²) < 4.78 is 50.8. The topological polar surface area (TPSA) is 88.1 Å². The zero-order valence-electron chi connectivity index (χ0n) is 23.9. The second-order valence-corrected chi connectivity index (χ2v) is 19.0. The van der Waals surface area contributed by atoms with Gasteiger partial charge in [0.2, 0.25) is 0 Å². The van der Waals surface area contributed by atoms with Crippen LogP contribution in [0.1, 0.15) is 61.3 Å². The van der Waals surface area contributed by atoms with Gasteiger partial charge in [-0.25, -0.2) is 13.2 Å². The van der Waals surface area contributed by atoms with Gasteiger partial charge in [0.1, 0.15) is 10.9 Å². The number of ether oxygens (including phenoxy) is 3. The Morgan fingerprint density at radius 3 is 2.08 bits per heavy atom. The predicted molar refractivity (Wildman–Crippen MR) is 144 cm³/mol. The van der Waals surface area contributed by atoms with Gasteiger partial charge in [0.25, 0.3) is 5.79 Å². The van der Waals surface area contributed by atoms with Gasteiger partial charge in [0.15, 0.2) is 18.2 Å². The molecule has 7 nitrogen and oxygen atoms in total. The number of benzene rings is 1. The van der Waals surface area contributed by atoms with Crippen molar-refractivity contribution in [3.8, 4) is 0 Å². The van der Waals surface area contributed by atoms with Crippen molar-refractivity contribution in [2.75, 3.05) is 14.2 Å². The smallest absolute Gasteiger partial charge is 0.367 e. The van der Waals surface area contributed by atoms with Gasteiger partial charge in [-0.1, -0.05) is 66.2 Å². The summed E-state index contributed by atoms with van der Waals surface area (Å²) >= 11 is 0. The molecule has 0 aromatic heterocycles. The molecule has 0 saturated carbocycles. The van der Waals surface area contributed by atoms with Gasteiger partial charge in [-0.2, -0.15) is 0 Å². The van der Waals surface area contributed by atoms with Crippen molar-refractivity contribution in [3.63, 3.8) is 0 Å². The maximum absolute atomic E-state index is 14.2. The second kappa shape index (κ2) is 10.8. The Morgan fingerprint density at radius 2 is 1.64 bits per heavy atom. The normalized spacial score (nSPS) is 25.6. The van der Waals surface area contributed by atoms with E-state index in [1.54, 1.807) is 37.3 Å². The number of carbonyl (C=O) groups is 1. The quantitative estimate of drug-likeness (QED) is 0.216. The van der Waals surface area contributed by atoms with Crippen LogP contribution in [0.4, 0.5) is 0 Å².